The van der Waals surface area contributed by atoms with E-state index in [-0.39, 0.29) is 5.75 Å². The van der Waals surface area contributed by atoms with E-state index in [0.717, 1.165) is 44.6 Å². The van der Waals surface area contributed by atoms with E-state index in [4.69, 9.17) is 0 Å². The van der Waals surface area contributed by atoms with Crippen LogP contribution in [0.1, 0.15) is 13.3 Å². The van der Waals surface area contributed by atoms with E-state index in [1.54, 1.807) is 36.7 Å². The number of benzene rings is 1. The Morgan fingerprint density at radius 1 is 1.07 bits per heavy atom. The molecule has 156 valence electrons. The van der Waals surface area contributed by atoms with Crippen molar-refractivity contribution < 1.29 is 8.42 Å². The Morgan fingerprint density at radius 2 is 1.76 bits per heavy atom. The molecule has 0 radical (unpaired) electrons. The highest BCUT2D eigenvalue weighted by Gasteiger charge is 2.21. The van der Waals surface area contributed by atoms with Gasteiger partial charge in [0.2, 0.25) is 5.95 Å². The highest BCUT2D eigenvalue weighted by atomic mass is 32.2. The fraction of sp³-hybridized carbons (Fsp3) is 0.450. The summed E-state index contributed by atoms with van der Waals surface area (Å²) in [5, 5.41) is 3.31. The quantitative estimate of drug-likeness (QED) is 0.415. The SMILES string of the molecule is CCNC(=NCCCS(=O)(=O)c1ccccc1)N1CCN(c2ncccn2)CC1. The molecule has 29 heavy (non-hydrogen) atoms. The van der Waals surface area contributed by atoms with Gasteiger partial charge in [0.1, 0.15) is 0 Å². The van der Waals surface area contributed by atoms with Crippen LogP contribution in [0, 0.1) is 0 Å². The van der Waals surface area contributed by atoms with E-state index in [2.05, 4.69) is 30.1 Å². The first-order valence-corrected chi connectivity index (χ1v) is 11.6. The van der Waals surface area contributed by atoms with Gasteiger partial charge in [-0.1, -0.05) is 18.2 Å². The fourth-order valence-corrected chi connectivity index (χ4v) is 4.50. The highest BCUT2D eigenvalue weighted by Crippen LogP contribution is 2.12. The molecule has 0 atom stereocenters. The minimum Gasteiger partial charge on any atom is -0.357 e. The first-order chi connectivity index (χ1) is 14.1. The van der Waals surface area contributed by atoms with E-state index in [0.29, 0.717) is 17.9 Å². The largest absolute Gasteiger partial charge is 0.357 e. The third kappa shape index (κ3) is 5.90. The summed E-state index contributed by atoms with van der Waals surface area (Å²) in [7, 11) is -3.26. The molecule has 1 aliphatic rings. The third-order valence-corrected chi connectivity index (χ3v) is 6.50. The standard InChI is InChI=1S/C20H28N6O2S/c1-2-21-19(24-12-7-17-29(27,28)18-8-4-3-5-9-18)25-13-15-26(16-14-25)20-22-10-6-11-23-20/h3-6,8-11H,2,7,12-17H2,1H3,(H,21,24). The molecule has 1 aliphatic heterocycles. The summed E-state index contributed by atoms with van der Waals surface area (Å²) in [6, 6.07) is 10.4. The number of piperazine rings is 1. The fourth-order valence-electron chi connectivity index (χ4n) is 3.18. The zero-order valence-corrected chi connectivity index (χ0v) is 17.6. The van der Waals surface area contributed by atoms with Gasteiger partial charge in [0.25, 0.3) is 0 Å². The molecule has 2 heterocycles. The lowest BCUT2D eigenvalue weighted by Crippen LogP contribution is -2.53. The van der Waals surface area contributed by atoms with Crippen LogP contribution in [0.3, 0.4) is 0 Å². The van der Waals surface area contributed by atoms with Crippen LogP contribution >= 0.6 is 0 Å². The Balaban J connectivity index is 1.52. The summed E-state index contributed by atoms with van der Waals surface area (Å²) < 4.78 is 24.8. The molecule has 9 heteroatoms. The Hall–Kier alpha value is -2.68. The number of sulfone groups is 1. The van der Waals surface area contributed by atoms with Crippen LogP contribution in [0.2, 0.25) is 0 Å². The van der Waals surface area contributed by atoms with Gasteiger partial charge in [0.05, 0.1) is 10.6 Å². The lowest BCUT2D eigenvalue weighted by Gasteiger charge is -2.36. The van der Waals surface area contributed by atoms with Gasteiger partial charge in [-0.15, -0.1) is 0 Å². The number of nitrogens with zero attached hydrogens (tertiary/aromatic N) is 5. The molecular weight excluding hydrogens is 388 g/mol. The summed E-state index contributed by atoms with van der Waals surface area (Å²) in [6.45, 7) is 6.52. The van der Waals surface area contributed by atoms with Crippen molar-refractivity contribution in [3.8, 4) is 0 Å². The second-order valence-electron chi connectivity index (χ2n) is 6.74. The van der Waals surface area contributed by atoms with E-state index in [9.17, 15) is 8.42 Å². The lowest BCUT2D eigenvalue weighted by atomic mass is 10.3. The molecule has 8 nitrogen and oxygen atoms in total. The monoisotopic (exact) mass is 416 g/mol. The van der Waals surface area contributed by atoms with Crippen molar-refractivity contribution in [1.29, 1.82) is 0 Å². The first kappa shape index (κ1) is 21.0. The van der Waals surface area contributed by atoms with E-state index in [1.807, 2.05) is 19.1 Å². The summed E-state index contributed by atoms with van der Waals surface area (Å²) in [5.41, 5.74) is 0. The molecule has 1 saturated heterocycles. The average Bonchev–Trinajstić information content (AvgIpc) is 2.77. The molecule has 1 N–H and O–H groups in total. The van der Waals surface area contributed by atoms with Crippen molar-refractivity contribution in [1.82, 2.24) is 20.2 Å². The summed E-state index contributed by atoms with van der Waals surface area (Å²) in [6.07, 6.45) is 4.00. The van der Waals surface area contributed by atoms with Gasteiger partial charge in [-0.25, -0.2) is 18.4 Å². The molecular formula is C20H28N6O2S. The topological polar surface area (TPSA) is 90.8 Å². The van der Waals surface area contributed by atoms with Crippen molar-refractivity contribution in [2.45, 2.75) is 18.2 Å². The van der Waals surface area contributed by atoms with Crippen LogP contribution in [0.15, 0.2) is 58.7 Å². The molecule has 0 saturated carbocycles. The molecule has 0 spiro atoms. The zero-order chi connectivity index (χ0) is 20.5. The van der Waals surface area contributed by atoms with Crippen molar-refractivity contribution in [2.24, 2.45) is 4.99 Å². The maximum absolute atomic E-state index is 12.4. The zero-order valence-electron chi connectivity index (χ0n) is 16.7. The number of anilines is 1. The van der Waals surface area contributed by atoms with Gasteiger partial charge in [0.15, 0.2) is 15.8 Å². The van der Waals surface area contributed by atoms with Crippen LogP contribution in [0.25, 0.3) is 0 Å². The summed E-state index contributed by atoms with van der Waals surface area (Å²) in [4.78, 5) is 18.0. The smallest absolute Gasteiger partial charge is 0.225 e. The molecule has 1 aromatic carbocycles. The van der Waals surface area contributed by atoms with Crippen molar-refractivity contribution in [3.63, 3.8) is 0 Å². The molecule has 1 fully saturated rings. The predicted octanol–water partition coefficient (Wildman–Crippen LogP) is 1.43. The molecule has 0 aliphatic carbocycles. The number of aliphatic imine (C=N–C) groups is 1. The lowest BCUT2D eigenvalue weighted by molar-refractivity contribution is 0.370. The minimum absolute atomic E-state index is 0.0963. The normalized spacial score (nSPS) is 15.4. The number of nitrogens with one attached hydrogen (secondary N) is 1. The Kier molecular flexibility index (Phi) is 7.40. The molecule has 0 bridgehead atoms. The molecule has 3 rings (SSSR count). The number of hydrogen-bond donors (Lipinski definition) is 1. The maximum Gasteiger partial charge on any atom is 0.225 e. The van der Waals surface area contributed by atoms with Crippen molar-refractivity contribution in [3.05, 3.63) is 48.8 Å². The Morgan fingerprint density at radius 3 is 2.41 bits per heavy atom. The number of rotatable bonds is 7. The van der Waals surface area contributed by atoms with Gasteiger partial charge >= 0.3 is 0 Å². The van der Waals surface area contributed by atoms with Gasteiger partial charge < -0.3 is 15.1 Å². The molecule has 2 aromatic rings. The van der Waals surface area contributed by atoms with Crippen molar-refractivity contribution >= 4 is 21.7 Å². The average molecular weight is 417 g/mol. The number of hydrogen-bond acceptors (Lipinski definition) is 6. The van der Waals surface area contributed by atoms with E-state index < -0.39 is 9.84 Å². The van der Waals surface area contributed by atoms with Crippen LogP contribution in [-0.2, 0) is 9.84 Å². The third-order valence-electron chi connectivity index (χ3n) is 4.68. The van der Waals surface area contributed by atoms with Gasteiger partial charge in [-0.2, -0.15) is 0 Å². The predicted molar refractivity (Wildman–Crippen MR) is 115 cm³/mol. The Bertz CT molecular complexity index is 882. The van der Waals surface area contributed by atoms with Crippen LogP contribution in [-0.4, -0.2) is 74.3 Å². The second kappa shape index (κ2) is 10.2. The van der Waals surface area contributed by atoms with E-state index in [1.165, 1.54) is 0 Å². The summed E-state index contributed by atoms with van der Waals surface area (Å²) >= 11 is 0. The number of guanidine groups is 1. The Labute approximate surface area is 172 Å². The number of aromatic nitrogens is 2. The van der Waals surface area contributed by atoms with Gasteiger partial charge in [-0.3, -0.25) is 4.99 Å². The van der Waals surface area contributed by atoms with Gasteiger partial charge in [-0.05, 0) is 31.5 Å². The highest BCUT2D eigenvalue weighted by molar-refractivity contribution is 7.91. The van der Waals surface area contributed by atoms with Crippen LogP contribution in [0.4, 0.5) is 5.95 Å². The maximum atomic E-state index is 12.4. The van der Waals surface area contributed by atoms with Crippen LogP contribution in [0.5, 0.6) is 0 Å². The molecule has 0 unspecified atom stereocenters. The van der Waals surface area contributed by atoms with E-state index >= 15 is 0 Å². The van der Waals surface area contributed by atoms with Crippen molar-refractivity contribution in [2.75, 3.05) is 49.9 Å². The van der Waals surface area contributed by atoms with Crippen LogP contribution < -0.4 is 10.2 Å². The second-order valence-corrected chi connectivity index (χ2v) is 8.85. The molecule has 0 amide bonds. The first-order valence-electron chi connectivity index (χ1n) is 9.93. The van der Waals surface area contributed by atoms with Gasteiger partial charge in [0, 0.05) is 51.7 Å². The summed E-state index contributed by atoms with van der Waals surface area (Å²) in [5.74, 6) is 1.68. The molecule has 1 aromatic heterocycles. The minimum atomic E-state index is -3.26.